The first kappa shape index (κ1) is 20.7. The van der Waals surface area contributed by atoms with Crippen molar-refractivity contribution in [3.63, 3.8) is 0 Å². The number of nitrogens with two attached hydrogens (primary N) is 1. The van der Waals surface area contributed by atoms with Crippen LogP contribution in [0.25, 0.3) is 10.9 Å². The predicted molar refractivity (Wildman–Crippen MR) is 118 cm³/mol. The fraction of sp³-hybridized carbons (Fsp3) is 0.300. The van der Waals surface area contributed by atoms with Gasteiger partial charge in [-0.05, 0) is 54.5 Å². The van der Waals surface area contributed by atoms with Gasteiger partial charge in [0.05, 0.1) is 29.0 Å². The Kier molecular flexibility index (Phi) is 5.74. The highest BCUT2D eigenvalue weighted by atomic mass is 32.2. The predicted octanol–water partition coefficient (Wildman–Crippen LogP) is 1.79. The van der Waals surface area contributed by atoms with Crippen molar-refractivity contribution < 1.29 is 13.2 Å². The van der Waals surface area contributed by atoms with Gasteiger partial charge in [-0.2, -0.15) is 0 Å². The van der Waals surface area contributed by atoms with Crippen LogP contribution in [0.4, 0.5) is 5.69 Å². The summed E-state index contributed by atoms with van der Waals surface area (Å²) in [5, 5.41) is 5.71. The fourth-order valence-corrected chi connectivity index (χ4v) is 4.35. The van der Waals surface area contributed by atoms with Crippen molar-refractivity contribution in [1.82, 2.24) is 9.55 Å². The standard InChI is InChI=1S/C20H22N4O4S2/c21-30(26,27)16-4-1-14(2-5-16)7-8-24-19(25)17-13-15(23-9-11-28-12-10-23)3-6-18(17)22-20(24)29/h1-6,13H,7-12H2,(H,22,29)(H2,21,26,27). The first-order valence-corrected chi connectivity index (χ1v) is 11.5. The highest BCUT2D eigenvalue weighted by Crippen LogP contribution is 2.20. The molecule has 3 N–H and O–H groups in total. The maximum Gasteiger partial charge on any atom is 0.262 e. The summed E-state index contributed by atoms with van der Waals surface area (Å²) >= 11 is 5.39. The van der Waals surface area contributed by atoms with Gasteiger partial charge in [0.1, 0.15) is 0 Å². The molecule has 0 spiro atoms. The molecule has 1 aliphatic rings. The number of H-pyrrole nitrogens is 1. The number of nitrogens with zero attached hydrogens (tertiary/aromatic N) is 2. The number of aromatic amines is 1. The van der Waals surface area contributed by atoms with Crippen molar-refractivity contribution in [3.8, 4) is 0 Å². The molecule has 158 valence electrons. The molecule has 3 aromatic rings. The van der Waals surface area contributed by atoms with E-state index in [-0.39, 0.29) is 10.5 Å². The smallest absolute Gasteiger partial charge is 0.262 e. The van der Waals surface area contributed by atoms with Crippen LogP contribution in [0, 0.1) is 4.77 Å². The Balaban J connectivity index is 1.61. The summed E-state index contributed by atoms with van der Waals surface area (Å²) in [7, 11) is -3.73. The Labute approximate surface area is 178 Å². The van der Waals surface area contributed by atoms with Crippen LogP contribution in [0.15, 0.2) is 52.2 Å². The van der Waals surface area contributed by atoms with E-state index in [2.05, 4.69) is 9.88 Å². The van der Waals surface area contributed by atoms with Crippen LogP contribution in [0.5, 0.6) is 0 Å². The summed E-state index contributed by atoms with van der Waals surface area (Å²) in [6, 6.07) is 12.1. The molecule has 0 radical (unpaired) electrons. The zero-order chi connectivity index (χ0) is 21.3. The first-order chi connectivity index (χ1) is 14.3. The van der Waals surface area contributed by atoms with Crippen LogP contribution in [-0.4, -0.2) is 44.3 Å². The lowest BCUT2D eigenvalue weighted by Gasteiger charge is -2.29. The molecular weight excluding hydrogens is 424 g/mol. The van der Waals surface area contributed by atoms with Gasteiger partial charge in [0.2, 0.25) is 10.0 Å². The summed E-state index contributed by atoms with van der Waals surface area (Å²) in [6.45, 7) is 3.29. The molecule has 0 saturated carbocycles. The van der Waals surface area contributed by atoms with Gasteiger partial charge in [-0.15, -0.1) is 0 Å². The lowest BCUT2D eigenvalue weighted by atomic mass is 10.1. The second-order valence-electron chi connectivity index (χ2n) is 7.16. The number of benzene rings is 2. The number of fused-ring (bicyclic) bond motifs is 1. The number of nitrogens with one attached hydrogen (secondary N) is 1. The van der Waals surface area contributed by atoms with Crippen molar-refractivity contribution in [2.45, 2.75) is 17.9 Å². The van der Waals surface area contributed by atoms with Crippen LogP contribution in [0.3, 0.4) is 0 Å². The molecule has 1 aromatic heterocycles. The third kappa shape index (κ3) is 4.31. The minimum Gasteiger partial charge on any atom is -0.378 e. The summed E-state index contributed by atoms with van der Waals surface area (Å²) in [5.74, 6) is 0. The third-order valence-corrected chi connectivity index (χ3v) is 6.47. The second kappa shape index (κ2) is 8.31. The molecule has 8 nitrogen and oxygen atoms in total. The topological polar surface area (TPSA) is 110 Å². The number of hydrogen-bond acceptors (Lipinski definition) is 6. The zero-order valence-corrected chi connectivity index (χ0v) is 17.8. The fourth-order valence-electron chi connectivity index (χ4n) is 3.55. The van der Waals surface area contributed by atoms with E-state index in [1.54, 1.807) is 12.1 Å². The van der Waals surface area contributed by atoms with E-state index in [0.717, 1.165) is 24.3 Å². The Morgan fingerprint density at radius 2 is 1.80 bits per heavy atom. The summed E-state index contributed by atoms with van der Waals surface area (Å²) in [6.07, 6.45) is 0.525. The molecule has 0 amide bonds. The zero-order valence-electron chi connectivity index (χ0n) is 16.2. The second-order valence-corrected chi connectivity index (χ2v) is 9.10. The monoisotopic (exact) mass is 446 g/mol. The van der Waals surface area contributed by atoms with Crippen LogP contribution < -0.4 is 15.6 Å². The van der Waals surface area contributed by atoms with Gasteiger partial charge < -0.3 is 14.6 Å². The SMILES string of the molecule is NS(=O)(=O)c1ccc(CCn2c(=S)[nH]c3ccc(N4CCOCC4)cc3c2=O)cc1. The quantitative estimate of drug-likeness (QED) is 0.578. The third-order valence-electron chi connectivity index (χ3n) is 5.22. The molecule has 1 aliphatic heterocycles. The average molecular weight is 447 g/mol. The van der Waals surface area contributed by atoms with Gasteiger partial charge in [0.15, 0.2) is 4.77 Å². The van der Waals surface area contributed by atoms with Gasteiger partial charge >= 0.3 is 0 Å². The van der Waals surface area contributed by atoms with E-state index < -0.39 is 10.0 Å². The van der Waals surface area contributed by atoms with E-state index in [1.807, 2.05) is 18.2 Å². The highest BCUT2D eigenvalue weighted by Gasteiger charge is 2.14. The minimum absolute atomic E-state index is 0.0575. The Bertz CT molecular complexity index is 1290. The maximum atomic E-state index is 13.1. The van der Waals surface area contributed by atoms with E-state index in [4.69, 9.17) is 22.1 Å². The molecule has 0 bridgehead atoms. The number of aryl methyl sites for hydroxylation is 1. The molecule has 2 aromatic carbocycles. The molecule has 0 atom stereocenters. The highest BCUT2D eigenvalue weighted by molar-refractivity contribution is 7.89. The molecule has 1 saturated heterocycles. The van der Waals surface area contributed by atoms with Crippen molar-refractivity contribution in [3.05, 3.63) is 63.2 Å². The molecule has 2 heterocycles. The van der Waals surface area contributed by atoms with Crippen molar-refractivity contribution in [2.75, 3.05) is 31.2 Å². The van der Waals surface area contributed by atoms with Crippen LogP contribution in [0.2, 0.25) is 0 Å². The van der Waals surface area contributed by atoms with Gasteiger partial charge in [0, 0.05) is 25.3 Å². The lowest BCUT2D eigenvalue weighted by Crippen LogP contribution is -2.36. The van der Waals surface area contributed by atoms with Crippen LogP contribution >= 0.6 is 12.2 Å². The number of hydrogen-bond donors (Lipinski definition) is 2. The number of sulfonamides is 1. The van der Waals surface area contributed by atoms with E-state index in [0.29, 0.717) is 41.9 Å². The van der Waals surface area contributed by atoms with Gasteiger partial charge in [-0.3, -0.25) is 9.36 Å². The van der Waals surface area contributed by atoms with Crippen molar-refractivity contribution in [2.24, 2.45) is 5.14 Å². The van der Waals surface area contributed by atoms with Gasteiger partial charge in [0.25, 0.3) is 5.56 Å². The molecule has 0 aliphatic carbocycles. The molecule has 4 rings (SSSR count). The lowest BCUT2D eigenvalue weighted by molar-refractivity contribution is 0.122. The number of anilines is 1. The number of aromatic nitrogens is 2. The number of ether oxygens (including phenoxy) is 1. The van der Waals surface area contributed by atoms with E-state index in [9.17, 15) is 13.2 Å². The van der Waals surface area contributed by atoms with Crippen LogP contribution in [0.1, 0.15) is 5.56 Å². The molecule has 0 unspecified atom stereocenters. The molecular formula is C20H22N4O4S2. The average Bonchev–Trinajstić information content (AvgIpc) is 2.74. The van der Waals surface area contributed by atoms with Crippen LogP contribution in [-0.2, 0) is 27.7 Å². The Hall–Kier alpha value is -2.53. The maximum absolute atomic E-state index is 13.1. The molecule has 1 fully saturated rings. The normalized spacial score (nSPS) is 14.9. The molecule has 10 heteroatoms. The van der Waals surface area contributed by atoms with Crippen molar-refractivity contribution in [1.29, 1.82) is 0 Å². The summed E-state index contributed by atoms with van der Waals surface area (Å²) in [5.41, 5.74) is 2.42. The number of primary sulfonamides is 1. The first-order valence-electron chi connectivity index (χ1n) is 9.54. The van der Waals surface area contributed by atoms with Gasteiger partial charge in [-0.25, -0.2) is 13.6 Å². The van der Waals surface area contributed by atoms with E-state index >= 15 is 0 Å². The Morgan fingerprint density at radius 1 is 1.10 bits per heavy atom. The summed E-state index contributed by atoms with van der Waals surface area (Å²) < 4.78 is 30.1. The number of morpholine rings is 1. The minimum atomic E-state index is -3.73. The number of rotatable bonds is 5. The van der Waals surface area contributed by atoms with E-state index in [1.165, 1.54) is 16.7 Å². The molecule has 30 heavy (non-hydrogen) atoms. The largest absolute Gasteiger partial charge is 0.378 e. The Morgan fingerprint density at radius 3 is 2.47 bits per heavy atom. The van der Waals surface area contributed by atoms with Gasteiger partial charge in [-0.1, -0.05) is 12.1 Å². The van der Waals surface area contributed by atoms with Crippen molar-refractivity contribution >= 4 is 38.8 Å². The summed E-state index contributed by atoms with van der Waals surface area (Å²) in [4.78, 5) is 18.5.